The molecule has 0 saturated carbocycles. The highest BCUT2D eigenvalue weighted by Gasteiger charge is 2.34. The van der Waals surface area contributed by atoms with E-state index in [0.717, 1.165) is 29.5 Å². The van der Waals surface area contributed by atoms with Crippen molar-refractivity contribution < 1.29 is 4.74 Å². The third-order valence-corrected chi connectivity index (χ3v) is 4.45. The van der Waals surface area contributed by atoms with Crippen molar-refractivity contribution >= 4 is 10.9 Å². The van der Waals surface area contributed by atoms with Gasteiger partial charge in [0.2, 0.25) is 0 Å². The third kappa shape index (κ3) is 2.00. The number of hydrogen-bond donors (Lipinski definition) is 1. The Kier molecular flexibility index (Phi) is 2.52. The molecule has 19 heavy (non-hydrogen) atoms. The molecule has 2 aliphatic rings. The molecule has 0 spiro atoms. The van der Waals surface area contributed by atoms with Crippen molar-refractivity contribution in [2.24, 2.45) is 7.05 Å². The van der Waals surface area contributed by atoms with E-state index in [4.69, 9.17) is 4.74 Å². The molecule has 2 bridgehead atoms. The lowest BCUT2D eigenvalue weighted by Crippen LogP contribution is -2.42. The Morgan fingerprint density at radius 3 is 2.84 bits per heavy atom. The number of aryl methyl sites for hydroxylation is 1. The lowest BCUT2D eigenvalue weighted by molar-refractivity contribution is 0.137. The largest absolute Gasteiger partial charge is 0.490 e. The maximum absolute atomic E-state index is 6.18. The van der Waals surface area contributed by atoms with Crippen molar-refractivity contribution in [3.05, 3.63) is 24.4 Å². The number of piperidine rings is 1. The fraction of sp³-hybridized carbons (Fsp3) is 0.533. The van der Waals surface area contributed by atoms with E-state index in [1.54, 1.807) is 0 Å². The van der Waals surface area contributed by atoms with Gasteiger partial charge in [-0.25, -0.2) is 0 Å². The van der Waals surface area contributed by atoms with Crippen LogP contribution in [0.15, 0.2) is 24.4 Å². The SMILES string of the molecule is Cn1ncc2cc(OC3CC4CCC(C3)N4)ccc21. The maximum atomic E-state index is 6.18. The van der Waals surface area contributed by atoms with Gasteiger partial charge in [-0.15, -0.1) is 0 Å². The van der Waals surface area contributed by atoms with Crippen molar-refractivity contribution in [3.63, 3.8) is 0 Å². The van der Waals surface area contributed by atoms with Crippen LogP contribution >= 0.6 is 0 Å². The van der Waals surface area contributed by atoms with Crippen LogP contribution in [-0.2, 0) is 7.05 Å². The standard InChI is InChI=1S/C15H19N3O/c1-18-15-5-4-13(6-10(15)9-16-18)19-14-7-11-2-3-12(8-14)17-11/h4-6,9,11-12,14,17H,2-3,7-8H2,1H3. The normalized spacial score (nSPS) is 29.8. The molecule has 1 aromatic heterocycles. The lowest BCUT2D eigenvalue weighted by atomic mass is 10.0. The molecule has 0 aliphatic carbocycles. The van der Waals surface area contributed by atoms with Gasteiger partial charge in [-0.3, -0.25) is 4.68 Å². The van der Waals surface area contributed by atoms with Crippen LogP contribution in [0.25, 0.3) is 10.9 Å². The first-order valence-corrected chi connectivity index (χ1v) is 7.12. The van der Waals surface area contributed by atoms with Gasteiger partial charge < -0.3 is 10.1 Å². The summed E-state index contributed by atoms with van der Waals surface area (Å²) in [5, 5.41) is 9.06. The summed E-state index contributed by atoms with van der Waals surface area (Å²) in [5.74, 6) is 0.979. The molecule has 4 rings (SSSR count). The Hall–Kier alpha value is -1.55. The minimum Gasteiger partial charge on any atom is -0.490 e. The zero-order valence-corrected chi connectivity index (χ0v) is 11.2. The van der Waals surface area contributed by atoms with Gasteiger partial charge in [0.25, 0.3) is 0 Å². The first-order chi connectivity index (χ1) is 9.28. The van der Waals surface area contributed by atoms with E-state index in [2.05, 4.69) is 28.6 Å². The second-order valence-corrected chi connectivity index (χ2v) is 5.84. The average Bonchev–Trinajstić information content (AvgIpc) is 2.93. The first-order valence-electron chi connectivity index (χ1n) is 7.12. The smallest absolute Gasteiger partial charge is 0.120 e. The molecule has 1 N–H and O–H groups in total. The Morgan fingerprint density at radius 1 is 1.26 bits per heavy atom. The summed E-state index contributed by atoms with van der Waals surface area (Å²) in [6.45, 7) is 0. The summed E-state index contributed by atoms with van der Waals surface area (Å²) in [6, 6.07) is 7.60. The van der Waals surface area contributed by atoms with Gasteiger partial charge in [0.1, 0.15) is 11.9 Å². The third-order valence-electron chi connectivity index (χ3n) is 4.45. The highest BCUT2D eigenvalue weighted by atomic mass is 16.5. The Balaban J connectivity index is 1.54. The van der Waals surface area contributed by atoms with E-state index in [0.29, 0.717) is 18.2 Å². The fourth-order valence-corrected chi connectivity index (χ4v) is 3.51. The second kappa shape index (κ2) is 4.23. The molecule has 2 unspecified atom stereocenters. The van der Waals surface area contributed by atoms with Crippen molar-refractivity contribution in [2.45, 2.75) is 43.9 Å². The molecule has 0 radical (unpaired) electrons. The van der Waals surface area contributed by atoms with Crippen LogP contribution in [0.5, 0.6) is 5.75 Å². The summed E-state index contributed by atoms with van der Waals surface area (Å²) in [6.07, 6.45) is 7.17. The molecule has 2 atom stereocenters. The van der Waals surface area contributed by atoms with Crippen LogP contribution in [-0.4, -0.2) is 28.0 Å². The first kappa shape index (κ1) is 11.3. The maximum Gasteiger partial charge on any atom is 0.120 e. The molecule has 2 aliphatic heterocycles. The zero-order chi connectivity index (χ0) is 12.8. The van der Waals surface area contributed by atoms with Crippen LogP contribution < -0.4 is 10.1 Å². The Labute approximate surface area is 112 Å². The minimum absolute atomic E-state index is 0.368. The van der Waals surface area contributed by atoms with Crippen LogP contribution in [0.1, 0.15) is 25.7 Å². The number of fused-ring (bicyclic) bond motifs is 3. The van der Waals surface area contributed by atoms with Crippen LogP contribution in [0.3, 0.4) is 0 Å². The summed E-state index contributed by atoms with van der Waals surface area (Å²) >= 11 is 0. The molecule has 3 heterocycles. The minimum atomic E-state index is 0.368. The van der Waals surface area contributed by atoms with Gasteiger partial charge in [0, 0.05) is 24.5 Å². The molecule has 100 valence electrons. The van der Waals surface area contributed by atoms with E-state index in [1.807, 2.05) is 17.9 Å². The summed E-state index contributed by atoms with van der Waals surface area (Å²) in [7, 11) is 1.97. The molecule has 0 amide bonds. The van der Waals surface area contributed by atoms with Gasteiger partial charge in [0.05, 0.1) is 11.7 Å². The number of nitrogens with one attached hydrogen (secondary N) is 1. The topological polar surface area (TPSA) is 39.1 Å². The van der Waals surface area contributed by atoms with Crippen LogP contribution in [0.4, 0.5) is 0 Å². The molecular formula is C15H19N3O. The number of rotatable bonds is 2. The van der Waals surface area contributed by atoms with Crippen molar-refractivity contribution in [1.29, 1.82) is 0 Å². The van der Waals surface area contributed by atoms with E-state index >= 15 is 0 Å². The molecule has 2 fully saturated rings. The molecular weight excluding hydrogens is 238 g/mol. The van der Waals surface area contributed by atoms with Gasteiger partial charge in [-0.1, -0.05) is 0 Å². The zero-order valence-electron chi connectivity index (χ0n) is 11.2. The number of aromatic nitrogens is 2. The highest BCUT2D eigenvalue weighted by molar-refractivity contribution is 5.80. The van der Waals surface area contributed by atoms with Crippen molar-refractivity contribution in [1.82, 2.24) is 15.1 Å². The number of nitrogens with zero attached hydrogens (tertiary/aromatic N) is 2. The summed E-state index contributed by atoms with van der Waals surface area (Å²) < 4.78 is 8.07. The Bertz CT molecular complexity index is 594. The number of benzene rings is 1. The summed E-state index contributed by atoms with van der Waals surface area (Å²) in [5.41, 5.74) is 1.15. The van der Waals surface area contributed by atoms with E-state index in [-0.39, 0.29) is 0 Å². The monoisotopic (exact) mass is 257 g/mol. The molecule has 4 heteroatoms. The predicted molar refractivity (Wildman–Crippen MR) is 74.3 cm³/mol. The molecule has 1 aromatic carbocycles. The van der Waals surface area contributed by atoms with Crippen LogP contribution in [0, 0.1) is 0 Å². The predicted octanol–water partition coefficient (Wildman–Crippen LogP) is 2.24. The summed E-state index contributed by atoms with van der Waals surface area (Å²) in [4.78, 5) is 0. The van der Waals surface area contributed by atoms with Crippen molar-refractivity contribution in [3.8, 4) is 5.75 Å². The van der Waals surface area contributed by atoms with Gasteiger partial charge in [-0.05, 0) is 43.9 Å². The van der Waals surface area contributed by atoms with Crippen molar-refractivity contribution in [2.75, 3.05) is 0 Å². The molecule has 4 nitrogen and oxygen atoms in total. The number of ether oxygens (including phenoxy) is 1. The highest BCUT2D eigenvalue weighted by Crippen LogP contribution is 2.30. The van der Waals surface area contributed by atoms with E-state index in [9.17, 15) is 0 Å². The molecule has 2 aromatic rings. The van der Waals surface area contributed by atoms with E-state index < -0.39 is 0 Å². The quantitative estimate of drug-likeness (QED) is 0.896. The van der Waals surface area contributed by atoms with Gasteiger partial charge >= 0.3 is 0 Å². The van der Waals surface area contributed by atoms with E-state index in [1.165, 1.54) is 12.8 Å². The van der Waals surface area contributed by atoms with Crippen LogP contribution in [0.2, 0.25) is 0 Å². The average molecular weight is 257 g/mol. The second-order valence-electron chi connectivity index (χ2n) is 5.84. The number of hydrogen-bond acceptors (Lipinski definition) is 3. The van der Waals surface area contributed by atoms with Gasteiger partial charge in [0.15, 0.2) is 0 Å². The molecule has 2 saturated heterocycles. The lowest BCUT2D eigenvalue weighted by Gasteiger charge is -2.29. The fourth-order valence-electron chi connectivity index (χ4n) is 3.51. The van der Waals surface area contributed by atoms with Gasteiger partial charge in [-0.2, -0.15) is 5.10 Å². The Morgan fingerprint density at radius 2 is 2.05 bits per heavy atom.